The Balaban J connectivity index is 1.86. The number of rotatable bonds is 5. The van der Waals surface area contributed by atoms with E-state index >= 15 is 0 Å². The topological polar surface area (TPSA) is 58.2 Å². The minimum atomic E-state index is -0.833. The van der Waals surface area contributed by atoms with Crippen LogP contribution in [0.1, 0.15) is 32.4 Å². The predicted octanol–water partition coefficient (Wildman–Crippen LogP) is 5.51. The number of hydrogen-bond donors (Lipinski definition) is 2. The summed E-state index contributed by atoms with van der Waals surface area (Å²) in [7, 11) is 0. The average Bonchev–Trinajstić information content (AvgIpc) is 2.69. The first-order chi connectivity index (χ1) is 13.4. The Morgan fingerprint density at radius 1 is 0.643 bits per heavy atom. The van der Waals surface area contributed by atoms with E-state index in [1.54, 1.807) is 72.8 Å². The summed E-state index contributed by atoms with van der Waals surface area (Å²) in [5, 5.41) is 7.06. The molecule has 3 aromatic carbocycles. The second-order valence-electron chi connectivity index (χ2n) is 5.92. The van der Waals surface area contributed by atoms with Crippen LogP contribution in [0.15, 0.2) is 72.8 Å². The van der Waals surface area contributed by atoms with E-state index in [1.807, 2.05) is 0 Å². The van der Waals surface area contributed by atoms with Gasteiger partial charge in [0.25, 0.3) is 11.8 Å². The molecule has 0 aromatic heterocycles. The van der Waals surface area contributed by atoms with Crippen molar-refractivity contribution in [3.63, 3.8) is 0 Å². The molecule has 0 aliphatic heterocycles. The van der Waals surface area contributed by atoms with E-state index in [9.17, 15) is 9.59 Å². The van der Waals surface area contributed by atoms with Crippen molar-refractivity contribution in [3.05, 3.63) is 105 Å². The van der Waals surface area contributed by atoms with E-state index in [1.165, 1.54) is 0 Å². The van der Waals surface area contributed by atoms with Gasteiger partial charge in [-0.05, 0) is 54.6 Å². The molecule has 28 heavy (non-hydrogen) atoms. The molecule has 4 nitrogen and oxygen atoms in total. The minimum absolute atomic E-state index is 0.377. The molecule has 0 radical (unpaired) electrons. The van der Waals surface area contributed by atoms with Crippen molar-refractivity contribution >= 4 is 46.6 Å². The minimum Gasteiger partial charge on any atom is -0.328 e. The lowest BCUT2D eigenvalue weighted by atomic mass is 10.1. The van der Waals surface area contributed by atoms with Crippen LogP contribution in [-0.2, 0) is 0 Å². The third-order valence-corrected chi connectivity index (χ3v) is 4.83. The van der Waals surface area contributed by atoms with Gasteiger partial charge >= 0.3 is 0 Å². The molecule has 0 unspecified atom stereocenters. The molecule has 3 aromatic rings. The average molecular weight is 434 g/mol. The SMILES string of the molecule is O=C(NC(NC(=O)c1ccc(Cl)cc1)c1ccccc1Cl)c1ccc(Cl)cc1. The Bertz CT molecular complexity index is 930. The van der Waals surface area contributed by atoms with Crippen molar-refractivity contribution in [2.45, 2.75) is 6.17 Å². The van der Waals surface area contributed by atoms with E-state index in [0.717, 1.165) is 0 Å². The van der Waals surface area contributed by atoms with Gasteiger partial charge in [0.2, 0.25) is 0 Å². The first kappa shape index (κ1) is 20.2. The van der Waals surface area contributed by atoms with Gasteiger partial charge in [0.15, 0.2) is 0 Å². The highest BCUT2D eigenvalue weighted by Crippen LogP contribution is 2.22. The zero-order valence-electron chi connectivity index (χ0n) is 14.5. The second kappa shape index (κ2) is 9.11. The number of amides is 2. The van der Waals surface area contributed by atoms with E-state index in [4.69, 9.17) is 34.8 Å². The third kappa shape index (κ3) is 5.04. The van der Waals surface area contributed by atoms with Crippen LogP contribution >= 0.6 is 34.8 Å². The van der Waals surface area contributed by atoms with Crippen molar-refractivity contribution in [1.29, 1.82) is 0 Å². The van der Waals surface area contributed by atoms with E-state index in [-0.39, 0.29) is 11.8 Å². The standard InChI is InChI=1S/C21H15Cl3N2O2/c22-15-9-5-13(6-10-15)20(27)25-19(17-3-1-2-4-18(17)24)26-21(28)14-7-11-16(23)12-8-14/h1-12,19H,(H,25,27)(H,26,28). The van der Waals surface area contributed by atoms with Crippen LogP contribution in [-0.4, -0.2) is 11.8 Å². The molecule has 0 heterocycles. The predicted molar refractivity (Wildman–Crippen MR) is 112 cm³/mol. The first-order valence-electron chi connectivity index (χ1n) is 8.31. The lowest BCUT2D eigenvalue weighted by Gasteiger charge is -2.22. The maximum Gasteiger partial charge on any atom is 0.253 e. The maximum absolute atomic E-state index is 12.6. The highest BCUT2D eigenvalue weighted by molar-refractivity contribution is 6.31. The second-order valence-corrected chi connectivity index (χ2v) is 7.20. The Kier molecular flexibility index (Phi) is 6.57. The smallest absolute Gasteiger partial charge is 0.253 e. The van der Waals surface area contributed by atoms with E-state index in [0.29, 0.717) is 31.8 Å². The molecule has 0 aliphatic rings. The van der Waals surface area contributed by atoms with Gasteiger partial charge in [0.1, 0.15) is 6.17 Å². The fraction of sp³-hybridized carbons (Fsp3) is 0.0476. The molecule has 2 amide bonds. The highest BCUT2D eigenvalue weighted by atomic mass is 35.5. The third-order valence-electron chi connectivity index (χ3n) is 3.98. The van der Waals surface area contributed by atoms with Crippen LogP contribution in [0.3, 0.4) is 0 Å². The van der Waals surface area contributed by atoms with Crippen molar-refractivity contribution in [2.24, 2.45) is 0 Å². The van der Waals surface area contributed by atoms with Crippen molar-refractivity contribution in [2.75, 3.05) is 0 Å². The van der Waals surface area contributed by atoms with Gasteiger partial charge in [-0.1, -0.05) is 53.0 Å². The summed E-state index contributed by atoms with van der Waals surface area (Å²) < 4.78 is 0. The molecular formula is C21H15Cl3N2O2. The summed E-state index contributed by atoms with van der Waals surface area (Å²) >= 11 is 18.0. The quantitative estimate of drug-likeness (QED) is 0.522. The zero-order valence-corrected chi connectivity index (χ0v) is 16.7. The van der Waals surface area contributed by atoms with Gasteiger partial charge in [-0.25, -0.2) is 0 Å². The van der Waals surface area contributed by atoms with Crippen LogP contribution in [0.5, 0.6) is 0 Å². The first-order valence-corrected chi connectivity index (χ1v) is 9.45. The molecule has 142 valence electrons. The number of benzene rings is 3. The molecule has 0 saturated carbocycles. The van der Waals surface area contributed by atoms with E-state index in [2.05, 4.69) is 10.6 Å². The molecule has 0 aliphatic carbocycles. The van der Waals surface area contributed by atoms with Gasteiger partial charge in [-0.3, -0.25) is 9.59 Å². The Labute approximate surface area is 177 Å². The molecule has 0 fully saturated rings. The monoisotopic (exact) mass is 432 g/mol. The fourth-order valence-corrected chi connectivity index (χ4v) is 3.03. The molecule has 2 N–H and O–H groups in total. The normalized spacial score (nSPS) is 10.6. The molecule has 0 atom stereocenters. The van der Waals surface area contributed by atoms with Crippen LogP contribution < -0.4 is 10.6 Å². The van der Waals surface area contributed by atoms with Gasteiger partial charge in [0.05, 0.1) is 0 Å². The zero-order chi connectivity index (χ0) is 20.1. The number of halogens is 3. The highest BCUT2D eigenvalue weighted by Gasteiger charge is 2.21. The van der Waals surface area contributed by atoms with Gasteiger partial charge in [0, 0.05) is 31.8 Å². The summed E-state index contributed by atoms with van der Waals surface area (Å²) in [6.07, 6.45) is -0.833. The summed E-state index contributed by atoms with van der Waals surface area (Å²) in [6.45, 7) is 0. The largest absolute Gasteiger partial charge is 0.328 e. The van der Waals surface area contributed by atoms with Gasteiger partial charge < -0.3 is 10.6 Å². The van der Waals surface area contributed by atoms with Crippen molar-refractivity contribution in [1.82, 2.24) is 10.6 Å². The molecule has 7 heteroatoms. The molecule has 0 saturated heterocycles. The Morgan fingerprint density at radius 2 is 1.07 bits per heavy atom. The maximum atomic E-state index is 12.6. The van der Waals surface area contributed by atoms with E-state index < -0.39 is 6.17 Å². The fourth-order valence-electron chi connectivity index (χ4n) is 2.53. The lowest BCUT2D eigenvalue weighted by Crippen LogP contribution is -2.41. The van der Waals surface area contributed by atoms with Crippen LogP contribution in [0, 0.1) is 0 Å². The molecular weight excluding hydrogens is 419 g/mol. The van der Waals surface area contributed by atoms with Crippen molar-refractivity contribution < 1.29 is 9.59 Å². The Morgan fingerprint density at radius 3 is 1.50 bits per heavy atom. The molecule has 3 rings (SSSR count). The van der Waals surface area contributed by atoms with Crippen LogP contribution in [0.25, 0.3) is 0 Å². The summed E-state index contributed by atoms with van der Waals surface area (Å²) in [5.74, 6) is -0.754. The number of hydrogen-bond acceptors (Lipinski definition) is 2. The summed E-state index contributed by atoms with van der Waals surface area (Å²) in [4.78, 5) is 25.3. The lowest BCUT2D eigenvalue weighted by molar-refractivity contribution is 0.0883. The van der Waals surface area contributed by atoms with Crippen LogP contribution in [0.4, 0.5) is 0 Å². The Hall–Kier alpha value is -2.53. The summed E-state index contributed by atoms with van der Waals surface area (Å²) in [6, 6.07) is 19.8. The molecule has 0 spiro atoms. The number of carbonyl (C=O) groups is 2. The summed E-state index contributed by atoms with van der Waals surface area (Å²) in [5.41, 5.74) is 1.37. The van der Waals surface area contributed by atoms with Crippen molar-refractivity contribution in [3.8, 4) is 0 Å². The molecule has 0 bridgehead atoms. The van der Waals surface area contributed by atoms with Gasteiger partial charge in [-0.15, -0.1) is 0 Å². The number of carbonyl (C=O) groups excluding carboxylic acids is 2. The van der Waals surface area contributed by atoms with Gasteiger partial charge in [-0.2, -0.15) is 0 Å². The number of nitrogens with one attached hydrogen (secondary N) is 2. The van der Waals surface area contributed by atoms with Crippen LogP contribution in [0.2, 0.25) is 15.1 Å².